The molecule has 0 saturated carbocycles. The highest BCUT2D eigenvalue weighted by molar-refractivity contribution is 5.28. The Balaban J connectivity index is 2.73. The lowest BCUT2D eigenvalue weighted by Crippen LogP contribution is -2.18. The summed E-state index contributed by atoms with van der Waals surface area (Å²) in [6.07, 6.45) is -0.382. The van der Waals surface area contributed by atoms with Gasteiger partial charge in [0.2, 0.25) is 0 Å². The molecule has 90 valence electrons. The maximum atomic E-state index is 9.96. The SMILES string of the molecule is COc1ccc([C@@H](O)[C@@H](CO)CCO)cc1. The molecule has 0 aliphatic heterocycles. The second kappa shape index (κ2) is 6.48. The largest absolute Gasteiger partial charge is 0.497 e. The highest BCUT2D eigenvalue weighted by Crippen LogP contribution is 2.25. The van der Waals surface area contributed by atoms with Gasteiger partial charge in [0.05, 0.1) is 13.2 Å². The fourth-order valence-corrected chi connectivity index (χ4v) is 1.59. The van der Waals surface area contributed by atoms with Gasteiger partial charge in [-0.2, -0.15) is 0 Å². The molecule has 1 aromatic rings. The number of hydrogen-bond donors (Lipinski definition) is 3. The van der Waals surface area contributed by atoms with Crippen molar-refractivity contribution in [1.82, 2.24) is 0 Å². The van der Waals surface area contributed by atoms with Gasteiger partial charge in [-0.3, -0.25) is 0 Å². The third-order valence-electron chi connectivity index (χ3n) is 2.64. The Hall–Kier alpha value is -1.10. The highest BCUT2D eigenvalue weighted by atomic mass is 16.5. The standard InChI is InChI=1S/C12H18O4/c1-16-11-4-2-9(3-5-11)12(15)10(8-14)6-7-13/h2-5,10,12-15H,6-8H2,1H3/t10-,12-/m1/s1. The quantitative estimate of drug-likeness (QED) is 0.668. The monoisotopic (exact) mass is 226 g/mol. The van der Waals surface area contributed by atoms with Crippen molar-refractivity contribution >= 4 is 0 Å². The number of ether oxygens (including phenoxy) is 1. The van der Waals surface area contributed by atoms with E-state index >= 15 is 0 Å². The molecule has 0 bridgehead atoms. The van der Waals surface area contributed by atoms with Crippen LogP contribution in [0.5, 0.6) is 5.75 Å². The van der Waals surface area contributed by atoms with Crippen LogP contribution in [0.3, 0.4) is 0 Å². The summed E-state index contributed by atoms with van der Waals surface area (Å²) in [5.41, 5.74) is 0.716. The molecular formula is C12H18O4. The van der Waals surface area contributed by atoms with Crippen molar-refractivity contribution in [3.63, 3.8) is 0 Å². The van der Waals surface area contributed by atoms with Crippen molar-refractivity contribution in [2.24, 2.45) is 5.92 Å². The zero-order valence-corrected chi connectivity index (χ0v) is 9.34. The molecular weight excluding hydrogens is 208 g/mol. The average Bonchev–Trinajstić information content (AvgIpc) is 2.35. The number of aliphatic hydroxyl groups excluding tert-OH is 3. The van der Waals surface area contributed by atoms with Crippen LogP contribution < -0.4 is 4.74 Å². The van der Waals surface area contributed by atoms with E-state index in [2.05, 4.69) is 0 Å². The normalized spacial score (nSPS) is 14.5. The number of benzene rings is 1. The van der Waals surface area contributed by atoms with Gasteiger partial charge < -0.3 is 20.1 Å². The predicted octanol–water partition coefficient (Wildman–Crippen LogP) is 0.719. The van der Waals surface area contributed by atoms with Crippen LogP contribution in [0.15, 0.2) is 24.3 Å². The Labute approximate surface area is 95.1 Å². The van der Waals surface area contributed by atoms with Crippen LogP contribution in [-0.4, -0.2) is 35.6 Å². The molecule has 4 nitrogen and oxygen atoms in total. The average molecular weight is 226 g/mol. The number of aliphatic hydroxyl groups is 3. The molecule has 0 aliphatic rings. The van der Waals surface area contributed by atoms with Crippen LogP contribution in [0.25, 0.3) is 0 Å². The molecule has 0 amide bonds. The minimum absolute atomic E-state index is 0.0432. The topological polar surface area (TPSA) is 69.9 Å². The third kappa shape index (κ3) is 3.20. The Bertz CT molecular complexity index is 296. The second-order valence-electron chi connectivity index (χ2n) is 3.67. The first-order valence-electron chi connectivity index (χ1n) is 5.26. The van der Waals surface area contributed by atoms with Crippen molar-refractivity contribution in [1.29, 1.82) is 0 Å². The fourth-order valence-electron chi connectivity index (χ4n) is 1.59. The summed E-state index contributed by atoms with van der Waals surface area (Å²) in [5.74, 6) is 0.386. The van der Waals surface area contributed by atoms with E-state index < -0.39 is 6.10 Å². The van der Waals surface area contributed by atoms with Gasteiger partial charge in [0.15, 0.2) is 0 Å². The Morgan fingerprint density at radius 2 is 1.81 bits per heavy atom. The van der Waals surface area contributed by atoms with Gasteiger partial charge in [-0.1, -0.05) is 12.1 Å². The molecule has 4 heteroatoms. The van der Waals surface area contributed by atoms with Crippen molar-refractivity contribution in [2.75, 3.05) is 20.3 Å². The van der Waals surface area contributed by atoms with Crippen LogP contribution in [0.1, 0.15) is 18.1 Å². The van der Waals surface area contributed by atoms with Crippen LogP contribution >= 0.6 is 0 Å². The van der Waals surface area contributed by atoms with Crippen molar-refractivity contribution < 1.29 is 20.1 Å². The zero-order valence-electron chi connectivity index (χ0n) is 9.34. The molecule has 0 radical (unpaired) electrons. The summed E-state index contributed by atoms with van der Waals surface area (Å²) in [6, 6.07) is 7.02. The first-order chi connectivity index (χ1) is 7.72. The molecule has 2 atom stereocenters. The third-order valence-corrected chi connectivity index (χ3v) is 2.64. The Morgan fingerprint density at radius 3 is 2.25 bits per heavy atom. The molecule has 0 unspecified atom stereocenters. The molecule has 0 heterocycles. The number of methoxy groups -OCH3 is 1. The molecule has 1 rings (SSSR count). The summed E-state index contributed by atoms with van der Waals surface area (Å²) in [6.45, 7) is -0.188. The van der Waals surface area contributed by atoms with E-state index in [1.807, 2.05) is 0 Å². The summed E-state index contributed by atoms with van der Waals surface area (Å²) < 4.78 is 5.01. The first-order valence-corrected chi connectivity index (χ1v) is 5.26. The zero-order chi connectivity index (χ0) is 12.0. The van der Waals surface area contributed by atoms with Crippen molar-refractivity contribution in [3.05, 3.63) is 29.8 Å². The van der Waals surface area contributed by atoms with Gasteiger partial charge in [-0.05, 0) is 24.1 Å². The molecule has 1 aromatic carbocycles. The number of hydrogen-bond acceptors (Lipinski definition) is 4. The van der Waals surface area contributed by atoms with Gasteiger partial charge in [0, 0.05) is 19.1 Å². The van der Waals surface area contributed by atoms with Crippen molar-refractivity contribution in [2.45, 2.75) is 12.5 Å². The van der Waals surface area contributed by atoms with E-state index in [9.17, 15) is 5.11 Å². The van der Waals surface area contributed by atoms with E-state index in [4.69, 9.17) is 14.9 Å². The van der Waals surface area contributed by atoms with Gasteiger partial charge >= 0.3 is 0 Å². The summed E-state index contributed by atoms with van der Waals surface area (Å²) in [5, 5.41) is 27.9. The maximum Gasteiger partial charge on any atom is 0.118 e. The molecule has 3 N–H and O–H groups in total. The van der Waals surface area contributed by atoms with Gasteiger partial charge in [-0.15, -0.1) is 0 Å². The van der Waals surface area contributed by atoms with Crippen LogP contribution in [0.2, 0.25) is 0 Å². The molecule has 16 heavy (non-hydrogen) atoms. The summed E-state index contributed by atoms with van der Waals surface area (Å²) >= 11 is 0. The van der Waals surface area contributed by atoms with Crippen LogP contribution in [0, 0.1) is 5.92 Å². The fraction of sp³-hybridized carbons (Fsp3) is 0.500. The van der Waals surface area contributed by atoms with E-state index in [0.717, 1.165) is 5.75 Å². The Kier molecular flexibility index (Phi) is 5.25. The predicted molar refractivity (Wildman–Crippen MR) is 60.2 cm³/mol. The van der Waals surface area contributed by atoms with E-state index in [1.165, 1.54) is 0 Å². The van der Waals surface area contributed by atoms with Gasteiger partial charge in [0.25, 0.3) is 0 Å². The minimum Gasteiger partial charge on any atom is -0.497 e. The summed E-state index contributed by atoms with van der Waals surface area (Å²) in [4.78, 5) is 0. The smallest absolute Gasteiger partial charge is 0.118 e. The lowest BCUT2D eigenvalue weighted by molar-refractivity contribution is 0.0510. The molecule has 0 saturated heterocycles. The summed E-state index contributed by atoms with van der Waals surface area (Å²) in [7, 11) is 1.58. The molecule has 0 aromatic heterocycles. The van der Waals surface area contributed by atoms with Crippen molar-refractivity contribution in [3.8, 4) is 5.75 Å². The van der Waals surface area contributed by atoms with E-state index in [-0.39, 0.29) is 19.1 Å². The van der Waals surface area contributed by atoms with Crippen LogP contribution in [-0.2, 0) is 0 Å². The number of rotatable bonds is 6. The molecule has 0 fully saturated rings. The Morgan fingerprint density at radius 1 is 1.19 bits per heavy atom. The lowest BCUT2D eigenvalue weighted by Gasteiger charge is -2.20. The highest BCUT2D eigenvalue weighted by Gasteiger charge is 2.19. The lowest BCUT2D eigenvalue weighted by atomic mass is 9.94. The molecule has 0 aliphatic carbocycles. The maximum absolute atomic E-state index is 9.96. The minimum atomic E-state index is -0.761. The van der Waals surface area contributed by atoms with E-state index in [1.54, 1.807) is 31.4 Å². The molecule has 0 spiro atoms. The first kappa shape index (κ1) is 13.0. The second-order valence-corrected chi connectivity index (χ2v) is 3.67. The van der Waals surface area contributed by atoms with Crippen LogP contribution in [0.4, 0.5) is 0 Å². The van der Waals surface area contributed by atoms with E-state index in [0.29, 0.717) is 12.0 Å². The van der Waals surface area contributed by atoms with Gasteiger partial charge in [0.1, 0.15) is 5.75 Å². The van der Waals surface area contributed by atoms with Gasteiger partial charge in [-0.25, -0.2) is 0 Å².